The summed E-state index contributed by atoms with van der Waals surface area (Å²) in [5, 5.41) is 2.78. The topological polar surface area (TPSA) is 101 Å². The summed E-state index contributed by atoms with van der Waals surface area (Å²) in [5.74, 6) is -4.66. The number of hydrogen-bond acceptors (Lipinski definition) is 5. The molecule has 0 saturated carbocycles. The van der Waals surface area contributed by atoms with Gasteiger partial charge in [-0.3, -0.25) is 14.9 Å². The van der Waals surface area contributed by atoms with Gasteiger partial charge < -0.3 is 14.5 Å². The first kappa shape index (κ1) is 21.0. The van der Waals surface area contributed by atoms with E-state index in [1.807, 2.05) is 0 Å². The molecule has 4 amide bonds. The minimum Gasteiger partial charge on any atom is -0.459 e. The number of alkyl halides is 6. The van der Waals surface area contributed by atoms with Gasteiger partial charge in [0, 0.05) is 0 Å². The van der Waals surface area contributed by atoms with Crippen molar-refractivity contribution in [3.63, 3.8) is 0 Å². The van der Waals surface area contributed by atoms with E-state index < -0.39 is 53.2 Å². The van der Waals surface area contributed by atoms with Gasteiger partial charge in [0.15, 0.2) is 5.76 Å². The number of amides is 4. The molecular formula is C16H9F6N3O5. The molecule has 1 aromatic carbocycles. The Balaban J connectivity index is 1.92. The molecule has 2 aromatic rings. The van der Waals surface area contributed by atoms with E-state index in [0.717, 1.165) is 24.5 Å². The predicted octanol–water partition coefficient (Wildman–Crippen LogP) is 2.92. The van der Waals surface area contributed by atoms with Gasteiger partial charge in [-0.1, -0.05) is 0 Å². The molecule has 2 N–H and O–H groups in total. The van der Waals surface area contributed by atoms with Crippen LogP contribution in [0.5, 0.6) is 5.75 Å². The summed E-state index contributed by atoms with van der Waals surface area (Å²) in [7, 11) is 0. The lowest BCUT2D eigenvalue weighted by Crippen LogP contribution is -2.69. The van der Waals surface area contributed by atoms with E-state index in [1.54, 1.807) is 0 Å². The second-order valence-electron chi connectivity index (χ2n) is 5.79. The maximum atomic E-state index is 13.7. The zero-order valence-corrected chi connectivity index (χ0v) is 14.3. The van der Waals surface area contributed by atoms with Gasteiger partial charge >= 0.3 is 18.6 Å². The van der Waals surface area contributed by atoms with Crippen molar-refractivity contribution in [2.75, 3.05) is 4.90 Å². The number of hydrogen-bond donors (Lipinski definition) is 2. The summed E-state index contributed by atoms with van der Waals surface area (Å²) in [6.07, 6.45) is -9.50. The highest BCUT2D eigenvalue weighted by molar-refractivity contribution is 6.24. The van der Waals surface area contributed by atoms with Crippen LogP contribution in [0.3, 0.4) is 0 Å². The molecule has 14 heteroatoms. The molecule has 0 spiro atoms. The van der Waals surface area contributed by atoms with Gasteiger partial charge in [-0.15, -0.1) is 13.2 Å². The van der Waals surface area contributed by atoms with E-state index >= 15 is 0 Å². The summed E-state index contributed by atoms with van der Waals surface area (Å²) >= 11 is 0. The van der Waals surface area contributed by atoms with Crippen LogP contribution in [0.25, 0.3) is 0 Å². The number of rotatable bonds is 4. The number of furan rings is 1. The molecule has 2 heterocycles. The first-order valence-electron chi connectivity index (χ1n) is 7.79. The van der Waals surface area contributed by atoms with Crippen LogP contribution >= 0.6 is 0 Å². The van der Waals surface area contributed by atoms with E-state index in [9.17, 15) is 40.7 Å². The Kier molecular flexibility index (Phi) is 4.88. The van der Waals surface area contributed by atoms with Crippen molar-refractivity contribution in [1.82, 2.24) is 10.6 Å². The Morgan fingerprint density at radius 3 is 2.20 bits per heavy atom. The van der Waals surface area contributed by atoms with Crippen LogP contribution in [0.1, 0.15) is 10.6 Å². The zero-order chi connectivity index (χ0) is 22.3. The Hall–Kier alpha value is -3.71. The maximum Gasteiger partial charge on any atom is 0.573 e. The first-order valence-corrected chi connectivity index (χ1v) is 7.79. The highest BCUT2D eigenvalue weighted by Crippen LogP contribution is 2.36. The summed E-state index contributed by atoms with van der Waals surface area (Å²) in [4.78, 5) is 36.8. The third-order valence-corrected chi connectivity index (χ3v) is 3.82. The summed E-state index contributed by atoms with van der Waals surface area (Å²) in [6, 6.07) is 3.58. The normalized spacial score (nSPS) is 19.6. The Morgan fingerprint density at radius 1 is 1.07 bits per heavy atom. The van der Waals surface area contributed by atoms with Crippen LogP contribution in [-0.4, -0.2) is 36.0 Å². The molecule has 1 aromatic heterocycles. The molecular weight excluding hydrogens is 428 g/mol. The molecule has 1 saturated heterocycles. The van der Waals surface area contributed by atoms with Gasteiger partial charge in [0.05, 0.1) is 12.0 Å². The highest BCUT2D eigenvalue weighted by atomic mass is 19.4. The van der Waals surface area contributed by atoms with Crippen LogP contribution in [0.2, 0.25) is 0 Å². The molecule has 0 unspecified atom stereocenters. The molecule has 160 valence electrons. The van der Waals surface area contributed by atoms with Gasteiger partial charge in [-0.25, -0.2) is 9.69 Å². The summed E-state index contributed by atoms with van der Waals surface area (Å²) < 4.78 is 86.1. The SMILES string of the molecule is O=C(N[C@]1(C(F)(F)F)NC(=O)N(c2ccc(OC(F)(F)F)cc2)C1=O)c1ccco1. The molecule has 3 rings (SSSR count). The molecule has 0 radical (unpaired) electrons. The fraction of sp³-hybridized carbons (Fsp3) is 0.188. The second-order valence-corrected chi connectivity index (χ2v) is 5.79. The quantitative estimate of drug-likeness (QED) is 0.566. The van der Waals surface area contributed by atoms with Crippen molar-refractivity contribution in [2.24, 2.45) is 0 Å². The van der Waals surface area contributed by atoms with Crippen molar-refractivity contribution >= 4 is 23.5 Å². The van der Waals surface area contributed by atoms with E-state index in [2.05, 4.69) is 9.15 Å². The standard InChI is InChI=1S/C16H9F6N3O5/c17-15(18,19)14(23-11(26)10-2-1-7-29-10)12(27)25(13(28)24-14)8-3-5-9(6-4-8)30-16(20,21)22/h1-7H,(H,23,26)(H,24,28)/t14-/m0/s1. The zero-order valence-electron chi connectivity index (χ0n) is 14.3. The molecule has 0 aliphatic carbocycles. The van der Waals surface area contributed by atoms with Crippen molar-refractivity contribution < 1.29 is 49.9 Å². The molecule has 1 atom stereocenters. The molecule has 30 heavy (non-hydrogen) atoms. The summed E-state index contributed by atoms with van der Waals surface area (Å²) in [5.41, 5.74) is -4.32. The van der Waals surface area contributed by atoms with Crippen LogP contribution in [0, 0.1) is 0 Å². The van der Waals surface area contributed by atoms with Crippen LogP contribution in [0.15, 0.2) is 47.1 Å². The van der Waals surface area contributed by atoms with Crippen molar-refractivity contribution in [3.8, 4) is 5.75 Å². The number of nitrogens with zero attached hydrogens (tertiary/aromatic N) is 1. The van der Waals surface area contributed by atoms with Gasteiger partial charge in [0.2, 0.25) is 0 Å². The lowest BCUT2D eigenvalue weighted by Gasteiger charge is -2.29. The van der Waals surface area contributed by atoms with Crippen LogP contribution in [-0.2, 0) is 4.79 Å². The molecule has 1 aliphatic rings. The van der Waals surface area contributed by atoms with Gasteiger partial charge in [0.25, 0.3) is 17.5 Å². The Labute approximate surface area is 162 Å². The van der Waals surface area contributed by atoms with E-state index in [0.29, 0.717) is 12.1 Å². The van der Waals surface area contributed by atoms with Crippen molar-refractivity contribution in [2.45, 2.75) is 18.2 Å². The first-order chi connectivity index (χ1) is 13.8. The molecule has 1 aliphatic heterocycles. The molecule has 8 nitrogen and oxygen atoms in total. The highest BCUT2D eigenvalue weighted by Gasteiger charge is 2.69. The lowest BCUT2D eigenvalue weighted by atomic mass is 10.1. The average Bonchev–Trinajstić information content (AvgIpc) is 3.22. The number of imide groups is 1. The fourth-order valence-electron chi connectivity index (χ4n) is 2.55. The minimum absolute atomic E-state index is 0.0211. The van der Waals surface area contributed by atoms with Gasteiger partial charge in [-0.05, 0) is 36.4 Å². The van der Waals surface area contributed by atoms with Crippen molar-refractivity contribution in [1.29, 1.82) is 0 Å². The van der Waals surface area contributed by atoms with Gasteiger partial charge in [0.1, 0.15) is 5.75 Å². The minimum atomic E-state index is -5.48. The van der Waals surface area contributed by atoms with E-state index in [4.69, 9.17) is 0 Å². The number of halogens is 6. The third-order valence-electron chi connectivity index (χ3n) is 3.82. The molecule has 1 fully saturated rings. The number of urea groups is 1. The van der Waals surface area contributed by atoms with E-state index in [-0.39, 0.29) is 4.90 Å². The Morgan fingerprint density at radius 2 is 1.70 bits per heavy atom. The Bertz CT molecular complexity index is 971. The number of carbonyl (C=O) groups excluding carboxylic acids is 3. The van der Waals surface area contributed by atoms with Crippen LogP contribution in [0.4, 0.5) is 36.8 Å². The largest absolute Gasteiger partial charge is 0.573 e. The average molecular weight is 437 g/mol. The molecule has 0 bridgehead atoms. The van der Waals surface area contributed by atoms with Crippen LogP contribution < -0.4 is 20.3 Å². The van der Waals surface area contributed by atoms with E-state index in [1.165, 1.54) is 16.7 Å². The summed E-state index contributed by atoms with van der Waals surface area (Å²) in [6.45, 7) is 0. The second kappa shape index (κ2) is 6.96. The lowest BCUT2D eigenvalue weighted by molar-refractivity contribution is -0.274. The predicted molar refractivity (Wildman–Crippen MR) is 84.1 cm³/mol. The number of ether oxygens (including phenoxy) is 1. The smallest absolute Gasteiger partial charge is 0.459 e. The van der Waals surface area contributed by atoms with Gasteiger partial charge in [-0.2, -0.15) is 13.2 Å². The number of benzene rings is 1. The maximum absolute atomic E-state index is 13.7. The number of nitrogens with one attached hydrogen (secondary N) is 2. The number of carbonyl (C=O) groups is 3. The number of anilines is 1. The third kappa shape index (κ3) is 3.75. The fourth-order valence-corrected chi connectivity index (χ4v) is 2.55. The monoisotopic (exact) mass is 437 g/mol. The van der Waals surface area contributed by atoms with Crippen molar-refractivity contribution in [3.05, 3.63) is 48.4 Å².